The van der Waals surface area contributed by atoms with E-state index in [1.165, 1.54) is 0 Å². The van der Waals surface area contributed by atoms with Crippen molar-refractivity contribution in [1.82, 2.24) is 19.9 Å². The zero-order valence-corrected chi connectivity index (χ0v) is 13.1. The Morgan fingerprint density at radius 3 is 2.81 bits per heavy atom. The monoisotopic (exact) mass is 309 g/mol. The number of nitrogens with zero attached hydrogens (tertiary/aromatic N) is 5. The SMILES string of the molecule is CCCOc1nc(NN)nc(N(C)Cc2scnc2C)n1. The van der Waals surface area contributed by atoms with Crippen LogP contribution in [0, 0.1) is 6.92 Å². The van der Waals surface area contributed by atoms with Gasteiger partial charge in [0.25, 0.3) is 0 Å². The Morgan fingerprint density at radius 1 is 1.38 bits per heavy atom. The fraction of sp³-hybridized carbons (Fsp3) is 0.500. The van der Waals surface area contributed by atoms with Gasteiger partial charge in [-0.3, -0.25) is 5.43 Å². The van der Waals surface area contributed by atoms with Crippen molar-refractivity contribution in [2.75, 3.05) is 24.0 Å². The molecule has 0 amide bonds. The van der Waals surface area contributed by atoms with Gasteiger partial charge in [0, 0.05) is 11.9 Å². The van der Waals surface area contributed by atoms with Crippen molar-refractivity contribution in [2.24, 2.45) is 5.84 Å². The molecule has 0 aromatic carbocycles. The number of hydrogen-bond acceptors (Lipinski definition) is 9. The first-order valence-electron chi connectivity index (χ1n) is 6.59. The summed E-state index contributed by atoms with van der Waals surface area (Å²) in [5, 5.41) is 0. The fourth-order valence-corrected chi connectivity index (χ4v) is 2.43. The van der Waals surface area contributed by atoms with Crippen molar-refractivity contribution in [3.8, 4) is 6.01 Å². The Balaban J connectivity index is 2.18. The first-order chi connectivity index (χ1) is 10.1. The molecule has 3 N–H and O–H groups in total. The second-order valence-corrected chi connectivity index (χ2v) is 5.39. The molecule has 0 radical (unpaired) electrons. The minimum absolute atomic E-state index is 0.266. The molecule has 2 aromatic heterocycles. The van der Waals surface area contributed by atoms with Crippen molar-refractivity contribution >= 4 is 23.2 Å². The van der Waals surface area contributed by atoms with E-state index in [4.69, 9.17) is 10.6 Å². The Labute approximate surface area is 127 Å². The van der Waals surface area contributed by atoms with Crippen LogP contribution in [0.2, 0.25) is 0 Å². The van der Waals surface area contributed by atoms with Crippen LogP contribution in [0.1, 0.15) is 23.9 Å². The molecule has 9 heteroatoms. The standard InChI is InChI=1S/C12H19N7OS/c1-4-5-20-12-16-10(18-13)15-11(17-12)19(3)6-9-8(2)14-7-21-9/h7H,4-6,13H2,1-3H3,(H,15,16,17,18). The maximum absolute atomic E-state index is 5.45. The summed E-state index contributed by atoms with van der Waals surface area (Å²) in [5.74, 6) is 6.17. The number of hydrazine groups is 1. The fourth-order valence-electron chi connectivity index (χ4n) is 1.60. The number of nitrogens with one attached hydrogen (secondary N) is 1. The molecule has 0 aliphatic rings. The molecule has 2 rings (SSSR count). The molecule has 0 saturated carbocycles. The van der Waals surface area contributed by atoms with Crippen LogP contribution in [0.25, 0.3) is 0 Å². The lowest BCUT2D eigenvalue weighted by molar-refractivity contribution is 0.292. The molecular weight excluding hydrogens is 290 g/mol. The van der Waals surface area contributed by atoms with Gasteiger partial charge < -0.3 is 9.64 Å². The third-order valence-corrected chi connectivity index (χ3v) is 3.65. The van der Waals surface area contributed by atoms with Gasteiger partial charge in [-0.2, -0.15) is 15.0 Å². The van der Waals surface area contributed by atoms with Crippen LogP contribution >= 0.6 is 11.3 Å². The number of ether oxygens (including phenoxy) is 1. The van der Waals surface area contributed by atoms with Crippen molar-refractivity contribution in [3.63, 3.8) is 0 Å². The van der Waals surface area contributed by atoms with Crippen LogP contribution in [-0.4, -0.2) is 33.6 Å². The average Bonchev–Trinajstić information content (AvgIpc) is 2.90. The first kappa shape index (κ1) is 15.4. The van der Waals surface area contributed by atoms with E-state index in [1.807, 2.05) is 31.3 Å². The lowest BCUT2D eigenvalue weighted by Crippen LogP contribution is -2.21. The molecule has 8 nitrogen and oxygen atoms in total. The summed E-state index contributed by atoms with van der Waals surface area (Å²) in [6.45, 7) is 5.21. The van der Waals surface area contributed by atoms with Gasteiger partial charge in [0.15, 0.2) is 0 Å². The van der Waals surface area contributed by atoms with Crippen molar-refractivity contribution in [2.45, 2.75) is 26.8 Å². The maximum Gasteiger partial charge on any atom is 0.323 e. The summed E-state index contributed by atoms with van der Waals surface area (Å²) in [4.78, 5) is 19.9. The molecule has 2 heterocycles. The van der Waals surface area contributed by atoms with Crippen LogP contribution in [0.5, 0.6) is 6.01 Å². The zero-order chi connectivity index (χ0) is 15.2. The average molecular weight is 309 g/mol. The summed E-state index contributed by atoms with van der Waals surface area (Å²) in [6.07, 6.45) is 0.877. The van der Waals surface area contributed by atoms with Crippen molar-refractivity contribution < 1.29 is 4.74 Å². The van der Waals surface area contributed by atoms with Crippen LogP contribution in [-0.2, 0) is 6.54 Å². The second kappa shape index (κ2) is 7.14. The van der Waals surface area contributed by atoms with Crippen molar-refractivity contribution in [3.05, 3.63) is 16.1 Å². The maximum atomic E-state index is 5.45. The predicted molar refractivity (Wildman–Crippen MR) is 82.4 cm³/mol. The van der Waals surface area contributed by atoms with Crippen LogP contribution in [0.4, 0.5) is 11.9 Å². The van der Waals surface area contributed by atoms with E-state index in [0.29, 0.717) is 19.1 Å². The molecular formula is C12H19N7OS. The zero-order valence-electron chi connectivity index (χ0n) is 12.3. The third-order valence-electron chi connectivity index (χ3n) is 2.73. The number of hydrogen-bond donors (Lipinski definition) is 2. The van der Waals surface area contributed by atoms with E-state index in [2.05, 4.69) is 25.4 Å². The molecule has 0 fully saturated rings. The lowest BCUT2D eigenvalue weighted by Gasteiger charge is -2.17. The van der Waals surface area contributed by atoms with E-state index in [0.717, 1.165) is 17.0 Å². The number of nitrogens with two attached hydrogens (primary N) is 1. The molecule has 114 valence electrons. The van der Waals surface area contributed by atoms with E-state index in [9.17, 15) is 0 Å². The van der Waals surface area contributed by atoms with Gasteiger partial charge in [0.1, 0.15) is 0 Å². The summed E-state index contributed by atoms with van der Waals surface area (Å²) < 4.78 is 5.45. The van der Waals surface area contributed by atoms with Gasteiger partial charge in [0.05, 0.1) is 24.4 Å². The highest BCUT2D eigenvalue weighted by atomic mass is 32.1. The molecule has 0 aliphatic heterocycles. The second-order valence-electron chi connectivity index (χ2n) is 4.45. The Bertz CT molecular complexity index is 589. The molecule has 0 aliphatic carbocycles. The van der Waals surface area contributed by atoms with Crippen LogP contribution in [0.3, 0.4) is 0 Å². The van der Waals surface area contributed by atoms with Gasteiger partial charge in [-0.1, -0.05) is 6.92 Å². The lowest BCUT2D eigenvalue weighted by atomic mass is 10.4. The smallest absolute Gasteiger partial charge is 0.323 e. The summed E-state index contributed by atoms with van der Waals surface area (Å²) >= 11 is 1.61. The van der Waals surface area contributed by atoms with Crippen LogP contribution in [0.15, 0.2) is 5.51 Å². The van der Waals surface area contributed by atoms with E-state index in [-0.39, 0.29) is 12.0 Å². The molecule has 0 spiro atoms. The number of rotatable bonds is 7. The summed E-state index contributed by atoms with van der Waals surface area (Å²) in [6, 6.07) is 0.266. The van der Waals surface area contributed by atoms with Gasteiger partial charge in [-0.25, -0.2) is 10.8 Å². The molecule has 0 bridgehead atoms. The highest BCUT2D eigenvalue weighted by Gasteiger charge is 2.13. The minimum Gasteiger partial charge on any atom is -0.463 e. The highest BCUT2D eigenvalue weighted by molar-refractivity contribution is 7.09. The van der Waals surface area contributed by atoms with Gasteiger partial charge in [0.2, 0.25) is 11.9 Å². The summed E-state index contributed by atoms with van der Waals surface area (Å²) in [5.41, 5.74) is 5.27. The van der Waals surface area contributed by atoms with Gasteiger partial charge >= 0.3 is 6.01 Å². The predicted octanol–water partition coefficient (Wildman–Crippen LogP) is 1.35. The molecule has 2 aromatic rings. The highest BCUT2D eigenvalue weighted by Crippen LogP contribution is 2.19. The topological polar surface area (TPSA) is 102 Å². The van der Waals surface area contributed by atoms with E-state index < -0.39 is 0 Å². The van der Waals surface area contributed by atoms with E-state index in [1.54, 1.807) is 11.3 Å². The van der Waals surface area contributed by atoms with Crippen molar-refractivity contribution in [1.29, 1.82) is 0 Å². The Morgan fingerprint density at radius 2 is 2.19 bits per heavy atom. The van der Waals surface area contributed by atoms with Crippen LogP contribution < -0.4 is 20.9 Å². The quantitative estimate of drug-likeness (QED) is 0.583. The molecule has 0 saturated heterocycles. The number of aromatic nitrogens is 4. The first-order valence-corrected chi connectivity index (χ1v) is 7.47. The number of anilines is 2. The Kier molecular flexibility index (Phi) is 5.23. The normalized spacial score (nSPS) is 10.5. The molecule has 0 atom stereocenters. The van der Waals surface area contributed by atoms with Gasteiger partial charge in [-0.05, 0) is 13.3 Å². The molecule has 0 unspecified atom stereocenters. The van der Waals surface area contributed by atoms with E-state index >= 15 is 0 Å². The molecule has 21 heavy (non-hydrogen) atoms. The summed E-state index contributed by atoms with van der Waals surface area (Å²) in [7, 11) is 1.90. The largest absolute Gasteiger partial charge is 0.463 e. The number of thiazole rings is 1. The minimum atomic E-state index is 0.266. The Hall–Kier alpha value is -2.00. The number of aryl methyl sites for hydroxylation is 1. The number of nitrogen functional groups attached to an aromatic ring is 1. The third kappa shape index (κ3) is 3.99. The van der Waals surface area contributed by atoms with Gasteiger partial charge in [-0.15, -0.1) is 11.3 Å².